The van der Waals surface area contributed by atoms with Crippen LogP contribution in [-0.2, 0) is 36.1 Å². The van der Waals surface area contributed by atoms with Crippen LogP contribution < -0.4 is 0 Å². The van der Waals surface area contributed by atoms with Gasteiger partial charge in [0.15, 0.2) is 0 Å². The number of cyclic esters (lactones) is 1. The van der Waals surface area contributed by atoms with Crippen LogP contribution in [0.15, 0.2) is 16.9 Å². The van der Waals surface area contributed by atoms with Crippen LogP contribution in [0, 0.1) is 6.92 Å². The number of nitrogens with zero attached hydrogens (tertiary/aromatic N) is 4. The summed E-state index contributed by atoms with van der Waals surface area (Å²) in [6.07, 6.45) is 0.208. The van der Waals surface area contributed by atoms with Crippen molar-refractivity contribution in [1.29, 1.82) is 0 Å². The second-order valence-corrected chi connectivity index (χ2v) is 8.73. The van der Waals surface area contributed by atoms with Crippen molar-refractivity contribution in [3.8, 4) is 0 Å². The molecule has 0 atom stereocenters. The molecule has 1 amide bonds. The molecule has 0 spiro atoms. The third kappa shape index (κ3) is 4.95. The number of carbonyl (C=O) groups excluding carboxylic acids is 2. The molecule has 29 heavy (non-hydrogen) atoms. The summed E-state index contributed by atoms with van der Waals surface area (Å²) in [7, 11) is 1.78. The highest BCUT2D eigenvalue weighted by Crippen LogP contribution is 2.26. The fourth-order valence-electron chi connectivity index (χ4n) is 3.18. The summed E-state index contributed by atoms with van der Waals surface area (Å²) < 4.78 is 12.8. The largest absolute Gasteiger partial charge is 0.457 e. The van der Waals surface area contributed by atoms with Gasteiger partial charge >= 0.3 is 12.1 Å². The Hall–Kier alpha value is -2.42. The second-order valence-electron chi connectivity index (χ2n) is 8.02. The Morgan fingerprint density at radius 1 is 1.38 bits per heavy atom. The molecule has 0 fully saturated rings. The molecule has 156 valence electrons. The summed E-state index contributed by atoms with van der Waals surface area (Å²) in [6, 6.07) is 3.72. The van der Waals surface area contributed by atoms with Crippen LogP contribution in [0.2, 0.25) is 0 Å². The maximum atomic E-state index is 12.8. The van der Waals surface area contributed by atoms with E-state index < -0.39 is 11.7 Å². The molecule has 1 aromatic carbocycles. The van der Waals surface area contributed by atoms with Crippen LogP contribution in [0.3, 0.4) is 0 Å². The highest BCUT2D eigenvalue weighted by Gasteiger charge is 2.26. The lowest BCUT2D eigenvalue weighted by Gasteiger charge is -2.27. The first-order chi connectivity index (χ1) is 13.5. The van der Waals surface area contributed by atoms with E-state index in [4.69, 9.17) is 9.47 Å². The average Bonchev–Trinajstić information content (AvgIpc) is 3.13. The minimum Gasteiger partial charge on any atom is -0.457 e. The predicted molar refractivity (Wildman–Crippen MR) is 109 cm³/mol. The van der Waals surface area contributed by atoms with Crippen molar-refractivity contribution in [2.75, 3.05) is 6.54 Å². The van der Waals surface area contributed by atoms with Gasteiger partial charge in [-0.2, -0.15) is 0 Å². The second kappa shape index (κ2) is 8.14. The summed E-state index contributed by atoms with van der Waals surface area (Å²) in [6.45, 7) is 8.50. The van der Waals surface area contributed by atoms with Gasteiger partial charge in [-0.15, -0.1) is 5.10 Å². The Morgan fingerprint density at radius 2 is 2.10 bits per heavy atom. The molecule has 1 aliphatic heterocycles. The third-order valence-corrected chi connectivity index (χ3v) is 5.08. The molecule has 0 bridgehead atoms. The number of hydrogen-bond acceptors (Lipinski definition) is 6. The van der Waals surface area contributed by atoms with Crippen LogP contribution in [-0.4, -0.2) is 43.9 Å². The number of hydrogen-bond donors (Lipinski definition) is 0. The summed E-state index contributed by atoms with van der Waals surface area (Å²) in [4.78, 5) is 30.5. The Labute approximate surface area is 178 Å². The van der Waals surface area contributed by atoms with Crippen molar-refractivity contribution < 1.29 is 19.1 Å². The Bertz CT molecular complexity index is 949. The molecule has 0 aliphatic carbocycles. The monoisotopic (exact) mass is 464 g/mol. The normalized spacial score (nSPS) is 13.2. The molecule has 0 unspecified atom stereocenters. The zero-order chi connectivity index (χ0) is 21.3. The third-order valence-electron chi connectivity index (χ3n) is 4.74. The molecule has 1 aromatic heterocycles. The average molecular weight is 465 g/mol. The van der Waals surface area contributed by atoms with Gasteiger partial charge in [-0.1, -0.05) is 6.07 Å². The molecule has 0 saturated carbocycles. The van der Waals surface area contributed by atoms with Crippen LogP contribution in [0.4, 0.5) is 4.79 Å². The van der Waals surface area contributed by atoms with Crippen LogP contribution >= 0.6 is 15.9 Å². The van der Waals surface area contributed by atoms with E-state index in [2.05, 4.69) is 26.0 Å². The molecule has 3 rings (SSSR count). The number of carbonyl (C=O) groups is 2. The Kier molecular flexibility index (Phi) is 5.97. The van der Waals surface area contributed by atoms with Gasteiger partial charge in [0.2, 0.25) is 4.73 Å². The Balaban J connectivity index is 1.79. The lowest BCUT2D eigenvalue weighted by molar-refractivity contribution is 0.0229. The van der Waals surface area contributed by atoms with Gasteiger partial charge in [0, 0.05) is 19.2 Å². The Morgan fingerprint density at radius 3 is 2.72 bits per heavy atom. The summed E-state index contributed by atoms with van der Waals surface area (Å²) in [5, 5.41) is 4.17. The predicted octanol–water partition coefficient (Wildman–Crippen LogP) is 3.54. The molecular weight excluding hydrogens is 440 g/mol. The first kappa shape index (κ1) is 21.3. The summed E-state index contributed by atoms with van der Waals surface area (Å²) in [5.74, 6) is 0.366. The summed E-state index contributed by atoms with van der Waals surface area (Å²) >= 11 is 3.26. The first-order valence-electron chi connectivity index (χ1n) is 9.37. The lowest BCUT2D eigenvalue weighted by atomic mass is 9.97. The van der Waals surface area contributed by atoms with Gasteiger partial charge in [-0.25, -0.2) is 14.6 Å². The number of rotatable bonds is 5. The van der Waals surface area contributed by atoms with E-state index in [1.807, 2.05) is 33.8 Å². The number of amides is 1. The molecule has 0 N–H and O–H groups in total. The number of ether oxygens (including phenoxy) is 2. The topological polar surface area (TPSA) is 86.6 Å². The van der Waals surface area contributed by atoms with E-state index >= 15 is 0 Å². The van der Waals surface area contributed by atoms with E-state index in [1.54, 1.807) is 22.7 Å². The SMILES string of the molecule is Cc1c(CCN(Cc2nc(Br)nn2C)C(=O)OC(C)(C)C)ccc2c1COC2=O. The fraction of sp³-hybridized carbons (Fsp3) is 0.500. The van der Waals surface area contributed by atoms with Crippen LogP contribution in [0.5, 0.6) is 0 Å². The zero-order valence-electron chi connectivity index (χ0n) is 17.3. The minimum atomic E-state index is -0.600. The molecule has 0 radical (unpaired) electrons. The van der Waals surface area contributed by atoms with Gasteiger partial charge in [-0.05, 0) is 67.2 Å². The number of aromatic nitrogens is 3. The smallest absolute Gasteiger partial charge is 0.410 e. The van der Waals surface area contributed by atoms with Gasteiger partial charge in [0.25, 0.3) is 0 Å². The van der Waals surface area contributed by atoms with E-state index in [1.165, 1.54) is 0 Å². The number of benzene rings is 1. The van der Waals surface area contributed by atoms with Crippen molar-refractivity contribution in [3.63, 3.8) is 0 Å². The fourth-order valence-corrected chi connectivity index (χ4v) is 3.62. The van der Waals surface area contributed by atoms with Crippen molar-refractivity contribution in [1.82, 2.24) is 19.7 Å². The molecule has 9 heteroatoms. The van der Waals surface area contributed by atoms with E-state index in [-0.39, 0.29) is 12.5 Å². The molecule has 0 saturated heterocycles. The highest BCUT2D eigenvalue weighted by molar-refractivity contribution is 9.10. The maximum absolute atomic E-state index is 12.8. The number of fused-ring (bicyclic) bond motifs is 1. The first-order valence-corrected chi connectivity index (χ1v) is 10.2. The van der Waals surface area contributed by atoms with E-state index in [0.717, 1.165) is 16.7 Å². The quantitative estimate of drug-likeness (QED) is 0.628. The standard InChI is InChI=1S/C20H25BrN4O4/c1-12-13(6-7-14-15(12)11-28-17(14)26)8-9-25(19(27)29-20(2,3)4)10-16-22-18(21)23-24(16)5/h6-7H,8-11H2,1-5H3. The molecule has 2 heterocycles. The van der Waals surface area contributed by atoms with Crippen molar-refractivity contribution >= 4 is 28.0 Å². The molecule has 2 aromatic rings. The van der Waals surface area contributed by atoms with E-state index in [9.17, 15) is 9.59 Å². The maximum Gasteiger partial charge on any atom is 0.410 e. The van der Waals surface area contributed by atoms with Crippen LogP contribution in [0.1, 0.15) is 53.6 Å². The highest BCUT2D eigenvalue weighted by atomic mass is 79.9. The minimum absolute atomic E-state index is 0.273. The zero-order valence-corrected chi connectivity index (χ0v) is 18.9. The lowest BCUT2D eigenvalue weighted by Crippen LogP contribution is -2.38. The molecule has 8 nitrogen and oxygen atoms in total. The van der Waals surface area contributed by atoms with Gasteiger partial charge < -0.3 is 14.4 Å². The molecular formula is C20H25BrN4O4. The van der Waals surface area contributed by atoms with Gasteiger partial charge in [-0.3, -0.25) is 4.68 Å². The van der Waals surface area contributed by atoms with Crippen LogP contribution in [0.25, 0.3) is 0 Å². The van der Waals surface area contributed by atoms with Crippen molar-refractivity contribution in [2.45, 2.75) is 52.9 Å². The number of halogens is 1. The van der Waals surface area contributed by atoms with Gasteiger partial charge in [0.05, 0.1) is 12.1 Å². The van der Waals surface area contributed by atoms with E-state index in [0.29, 0.717) is 35.7 Å². The van der Waals surface area contributed by atoms with Crippen molar-refractivity contribution in [2.24, 2.45) is 7.05 Å². The van der Waals surface area contributed by atoms with Gasteiger partial charge in [0.1, 0.15) is 18.0 Å². The molecule has 1 aliphatic rings. The van der Waals surface area contributed by atoms with Crippen molar-refractivity contribution in [3.05, 3.63) is 44.9 Å². The number of esters is 1. The number of aryl methyl sites for hydroxylation is 1. The summed E-state index contributed by atoms with van der Waals surface area (Å²) in [5.41, 5.74) is 3.04.